The lowest BCUT2D eigenvalue weighted by Crippen LogP contribution is -2.35. The van der Waals surface area contributed by atoms with Crippen LogP contribution in [0.25, 0.3) is 22.0 Å². The first kappa shape index (κ1) is 24.1. The van der Waals surface area contributed by atoms with Crippen LogP contribution in [0.4, 0.5) is 11.4 Å². The summed E-state index contributed by atoms with van der Waals surface area (Å²) in [6.45, 7) is 6.42. The van der Waals surface area contributed by atoms with Gasteiger partial charge in [-0.1, -0.05) is 48.0 Å². The molecule has 6 nitrogen and oxygen atoms in total. The van der Waals surface area contributed by atoms with Crippen molar-refractivity contribution < 1.29 is 9.47 Å². The van der Waals surface area contributed by atoms with E-state index in [-0.39, 0.29) is 0 Å². The fourth-order valence-corrected chi connectivity index (χ4v) is 4.78. The maximum absolute atomic E-state index is 9.75. The molecule has 5 rings (SSSR count). The average molecular weight is 499 g/mol. The maximum atomic E-state index is 9.75. The SMILES string of the molecule is COc1cc(Nc2c(C#N)cnc3cc(-c4ccc(CN5CCOCC5)cc4)ccc23)c(Cl)cc1C. The summed E-state index contributed by atoms with van der Waals surface area (Å²) in [5, 5.41) is 14.5. The second kappa shape index (κ2) is 10.5. The third-order valence-electron chi connectivity index (χ3n) is 6.53. The standard InChI is InChI=1S/C29H27ClN4O2/c1-19-13-25(30)27(15-28(19)35-2)33-29-23(16-31)17-32-26-14-22(7-8-24(26)29)21-5-3-20(4-6-21)18-34-9-11-36-12-10-34/h3-8,13-15,17H,9-12,18H2,1-2H3,(H,32,33). The Hall–Kier alpha value is -3.63. The van der Waals surface area contributed by atoms with Gasteiger partial charge < -0.3 is 14.8 Å². The summed E-state index contributed by atoms with van der Waals surface area (Å²) in [5.74, 6) is 0.720. The molecule has 1 aliphatic heterocycles. The van der Waals surface area contributed by atoms with Crippen molar-refractivity contribution in [3.8, 4) is 22.9 Å². The molecule has 36 heavy (non-hydrogen) atoms. The number of nitrogens with zero attached hydrogens (tertiary/aromatic N) is 3. The highest BCUT2D eigenvalue weighted by molar-refractivity contribution is 6.33. The molecule has 0 saturated carbocycles. The number of anilines is 2. The Morgan fingerprint density at radius 3 is 2.56 bits per heavy atom. The lowest BCUT2D eigenvalue weighted by atomic mass is 10.0. The molecule has 0 aliphatic carbocycles. The topological polar surface area (TPSA) is 70.4 Å². The first-order chi connectivity index (χ1) is 17.6. The van der Waals surface area contributed by atoms with Gasteiger partial charge in [0.1, 0.15) is 11.8 Å². The van der Waals surface area contributed by atoms with E-state index in [1.807, 2.05) is 25.1 Å². The van der Waals surface area contributed by atoms with E-state index < -0.39 is 0 Å². The van der Waals surface area contributed by atoms with Crippen LogP contribution in [0.5, 0.6) is 5.75 Å². The fourth-order valence-electron chi connectivity index (χ4n) is 4.52. The fraction of sp³-hybridized carbons (Fsp3) is 0.241. The van der Waals surface area contributed by atoms with Gasteiger partial charge in [-0.25, -0.2) is 0 Å². The number of nitriles is 1. The van der Waals surface area contributed by atoms with E-state index in [0.29, 0.717) is 22.0 Å². The average Bonchev–Trinajstić information content (AvgIpc) is 2.91. The predicted molar refractivity (Wildman–Crippen MR) is 144 cm³/mol. The molecule has 1 aromatic heterocycles. The summed E-state index contributed by atoms with van der Waals surface area (Å²) in [6.07, 6.45) is 1.60. The van der Waals surface area contributed by atoms with Gasteiger partial charge in [0.25, 0.3) is 0 Å². The number of hydrogen-bond acceptors (Lipinski definition) is 6. The van der Waals surface area contributed by atoms with Gasteiger partial charge in [-0.3, -0.25) is 9.88 Å². The summed E-state index contributed by atoms with van der Waals surface area (Å²) in [7, 11) is 1.62. The number of fused-ring (bicyclic) bond motifs is 1. The molecule has 0 radical (unpaired) electrons. The zero-order valence-corrected chi connectivity index (χ0v) is 21.1. The number of hydrogen-bond donors (Lipinski definition) is 1. The Balaban J connectivity index is 1.45. The zero-order valence-electron chi connectivity index (χ0n) is 20.3. The number of aryl methyl sites for hydroxylation is 1. The van der Waals surface area contributed by atoms with Gasteiger partial charge in [0.15, 0.2) is 0 Å². The lowest BCUT2D eigenvalue weighted by molar-refractivity contribution is 0.0342. The molecule has 1 N–H and O–H groups in total. The van der Waals surface area contributed by atoms with Crippen molar-refractivity contribution in [2.75, 3.05) is 38.7 Å². The number of methoxy groups -OCH3 is 1. The monoisotopic (exact) mass is 498 g/mol. The van der Waals surface area contributed by atoms with Crippen molar-refractivity contribution in [3.05, 3.63) is 82.5 Å². The van der Waals surface area contributed by atoms with Crippen molar-refractivity contribution in [3.63, 3.8) is 0 Å². The molecule has 0 amide bonds. The van der Waals surface area contributed by atoms with Crippen LogP contribution in [0.1, 0.15) is 16.7 Å². The van der Waals surface area contributed by atoms with Crippen LogP contribution in [0.2, 0.25) is 5.02 Å². The number of halogens is 1. The molecular formula is C29H27ClN4O2. The van der Waals surface area contributed by atoms with Crippen molar-refractivity contribution >= 4 is 33.9 Å². The highest BCUT2D eigenvalue weighted by atomic mass is 35.5. The van der Waals surface area contributed by atoms with E-state index in [1.165, 1.54) is 5.56 Å². The van der Waals surface area contributed by atoms with Crippen LogP contribution in [0, 0.1) is 18.3 Å². The van der Waals surface area contributed by atoms with E-state index in [4.69, 9.17) is 21.1 Å². The van der Waals surface area contributed by atoms with Crippen LogP contribution in [0.15, 0.2) is 60.8 Å². The molecule has 0 bridgehead atoms. The minimum Gasteiger partial charge on any atom is -0.496 e. The maximum Gasteiger partial charge on any atom is 0.123 e. The Bertz CT molecular complexity index is 1440. The molecule has 1 aliphatic rings. The molecule has 1 fully saturated rings. The van der Waals surface area contributed by atoms with E-state index in [9.17, 15) is 5.26 Å². The van der Waals surface area contributed by atoms with Crippen LogP contribution in [0.3, 0.4) is 0 Å². The van der Waals surface area contributed by atoms with E-state index in [0.717, 1.165) is 66.2 Å². The van der Waals surface area contributed by atoms with Gasteiger partial charge in [0.05, 0.1) is 47.8 Å². The van der Waals surface area contributed by atoms with Crippen molar-refractivity contribution in [2.24, 2.45) is 0 Å². The number of pyridine rings is 1. The van der Waals surface area contributed by atoms with Gasteiger partial charge >= 0.3 is 0 Å². The second-order valence-corrected chi connectivity index (χ2v) is 9.31. The van der Waals surface area contributed by atoms with E-state index >= 15 is 0 Å². The molecule has 0 atom stereocenters. The number of nitrogens with one attached hydrogen (secondary N) is 1. The molecule has 1 saturated heterocycles. The van der Waals surface area contributed by atoms with Crippen LogP contribution in [-0.2, 0) is 11.3 Å². The Morgan fingerprint density at radius 2 is 1.83 bits per heavy atom. The number of aromatic nitrogens is 1. The van der Waals surface area contributed by atoms with Gasteiger partial charge in [0, 0.05) is 37.3 Å². The highest BCUT2D eigenvalue weighted by Gasteiger charge is 2.14. The minimum absolute atomic E-state index is 0.443. The number of morpholine rings is 1. The van der Waals surface area contributed by atoms with Crippen LogP contribution < -0.4 is 10.1 Å². The molecule has 182 valence electrons. The first-order valence-corrected chi connectivity index (χ1v) is 12.3. The van der Waals surface area contributed by atoms with Crippen molar-refractivity contribution in [1.29, 1.82) is 5.26 Å². The van der Waals surface area contributed by atoms with Crippen LogP contribution >= 0.6 is 11.6 Å². The molecule has 4 aromatic rings. The third kappa shape index (κ3) is 5.00. The summed E-state index contributed by atoms with van der Waals surface area (Å²) < 4.78 is 10.9. The summed E-state index contributed by atoms with van der Waals surface area (Å²) in [5.41, 5.74) is 6.99. The molecule has 0 spiro atoms. The number of benzene rings is 3. The van der Waals surface area contributed by atoms with Crippen molar-refractivity contribution in [2.45, 2.75) is 13.5 Å². The van der Waals surface area contributed by atoms with Gasteiger partial charge in [-0.2, -0.15) is 5.26 Å². The molecule has 3 aromatic carbocycles. The Morgan fingerprint density at radius 1 is 1.08 bits per heavy atom. The highest BCUT2D eigenvalue weighted by Crippen LogP contribution is 2.36. The molecule has 0 unspecified atom stereocenters. The molecule has 2 heterocycles. The van der Waals surface area contributed by atoms with Crippen molar-refractivity contribution in [1.82, 2.24) is 9.88 Å². The number of rotatable bonds is 6. The summed E-state index contributed by atoms with van der Waals surface area (Å²) in [4.78, 5) is 6.98. The van der Waals surface area contributed by atoms with E-state index in [2.05, 4.69) is 57.7 Å². The van der Waals surface area contributed by atoms with Gasteiger partial charge in [0.2, 0.25) is 0 Å². The Labute approximate surface area is 216 Å². The van der Waals surface area contributed by atoms with Crippen LogP contribution in [-0.4, -0.2) is 43.3 Å². The number of ether oxygens (including phenoxy) is 2. The van der Waals surface area contributed by atoms with E-state index in [1.54, 1.807) is 13.3 Å². The molecule has 7 heteroatoms. The quantitative estimate of drug-likeness (QED) is 0.335. The lowest BCUT2D eigenvalue weighted by Gasteiger charge is -2.26. The largest absolute Gasteiger partial charge is 0.496 e. The van der Waals surface area contributed by atoms with Gasteiger partial charge in [-0.15, -0.1) is 0 Å². The normalized spacial score (nSPS) is 13.9. The smallest absolute Gasteiger partial charge is 0.123 e. The minimum atomic E-state index is 0.443. The Kier molecular flexibility index (Phi) is 7.06. The first-order valence-electron chi connectivity index (χ1n) is 11.9. The molecular weight excluding hydrogens is 472 g/mol. The summed E-state index contributed by atoms with van der Waals surface area (Å²) in [6, 6.07) is 20.7. The predicted octanol–water partition coefficient (Wildman–Crippen LogP) is 6.32. The van der Waals surface area contributed by atoms with Gasteiger partial charge in [-0.05, 0) is 41.3 Å². The third-order valence-corrected chi connectivity index (χ3v) is 6.84. The zero-order chi connectivity index (χ0) is 25.1. The second-order valence-electron chi connectivity index (χ2n) is 8.90. The summed E-state index contributed by atoms with van der Waals surface area (Å²) >= 11 is 6.51.